The first kappa shape index (κ1) is 74.4. The molecule has 6 unspecified atom stereocenters. The Labute approximate surface area is 474 Å². The lowest BCUT2D eigenvalue weighted by molar-refractivity contribution is -0.220. The molecule has 1 aliphatic rings. The number of aliphatic hydroxyl groups excluding tert-OH is 6. The van der Waals surface area contributed by atoms with Crippen molar-refractivity contribution in [3.8, 4) is 0 Å². The molecule has 13 heteroatoms. The maximum Gasteiger partial charge on any atom is 0.472 e. The van der Waals surface area contributed by atoms with Gasteiger partial charge in [0.15, 0.2) is 0 Å². The Morgan fingerprint density at radius 3 is 0.896 bits per heavy atom. The Morgan fingerprint density at radius 2 is 0.623 bits per heavy atom. The number of carbonyl (C=O) groups excluding carboxylic acids is 1. The number of hydrogen-bond acceptors (Lipinski definition) is 10. The van der Waals surface area contributed by atoms with Gasteiger partial charge in [-0.3, -0.25) is 13.8 Å². The summed E-state index contributed by atoms with van der Waals surface area (Å²) in [5.74, 6) is -0.299. The van der Waals surface area contributed by atoms with Crippen molar-refractivity contribution in [2.24, 2.45) is 0 Å². The second kappa shape index (κ2) is 53.4. The molecule has 9 atom stereocenters. The normalized spacial score (nSPS) is 20.4. The fraction of sp³-hybridized carbons (Fsp3) is 0.984. The molecule has 0 saturated heterocycles. The van der Waals surface area contributed by atoms with E-state index in [0.717, 1.165) is 38.5 Å². The zero-order valence-electron chi connectivity index (χ0n) is 50.3. The molecule has 0 heterocycles. The van der Waals surface area contributed by atoms with E-state index in [1.54, 1.807) is 0 Å². The predicted octanol–water partition coefficient (Wildman–Crippen LogP) is 16.5. The lowest BCUT2D eigenvalue weighted by atomic mass is 9.85. The van der Waals surface area contributed by atoms with Crippen LogP contribution in [-0.2, 0) is 18.4 Å². The molecule has 0 bridgehead atoms. The molecule has 0 aromatic rings. The van der Waals surface area contributed by atoms with Gasteiger partial charge in [-0.25, -0.2) is 4.57 Å². The second-order valence-corrected chi connectivity index (χ2v) is 25.4. The molecule has 1 rings (SSSR count). The van der Waals surface area contributed by atoms with Crippen molar-refractivity contribution >= 4 is 13.7 Å². The molecule has 12 nitrogen and oxygen atoms in total. The van der Waals surface area contributed by atoms with Crippen LogP contribution in [0.4, 0.5) is 0 Å². The SMILES string of the molecule is CCCCCCCCCCCCCCCCCCCCCCCCCCCCCCCCCCCCC(=O)N[C@@H](COP(=O)(O)OC1C(O)C(O)C(O)[C@@H](O)C1O)[C@H](O)CCCCCCCCCCCCCCCCCC. The monoisotopic (exact) mass is 1120 g/mol. The second-order valence-electron chi connectivity index (χ2n) is 24.0. The van der Waals surface area contributed by atoms with E-state index >= 15 is 0 Å². The summed E-state index contributed by atoms with van der Waals surface area (Å²) in [5, 5.41) is 64.6. The van der Waals surface area contributed by atoms with Gasteiger partial charge in [0.05, 0.1) is 18.8 Å². The number of amides is 1. The third-order valence-corrected chi connectivity index (χ3v) is 17.7. The molecule has 1 amide bonds. The Kier molecular flexibility index (Phi) is 51.5. The maximum atomic E-state index is 13.1. The summed E-state index contributed by atoms with van der Waals surface area (Å²) in [6.07, 6.45) is 53.2. The number of rotatable bonds is 59. The molecule has 1 fully saturated rings. The van der Waals surface area contributed by atoms with Crippen molar-refractivity contribution in [2.45, 2.75) is 396 Å². The van der Waals surface area contributed by atoms with Gasteiger partial charge in [0.25, 0.3) is 0 Å². The van der Waals surface area contributed by atoms with Crippen LogP contribution in [0.25, 0.3) is 0 Å². The van der Waals surface area contributed by atoms with Crippen molar-refractivity contribution < 1.29 is 53.9 Å². The minimum absolute atomic E-state index is 0.244. The van der Waals surface area contributed by atoms with Crippen LogP contribution in [0.1, 0.15) is 348 Å². The zero-order chi connectivity index (χ0) is 56.3. The summed E-state index contributed by atoms with van der Waals surface area (Å²) in [4.78, 5) is 23.6. The quantitative estimate of drug-likeness (QED) is 0.0212. The van der Waals surface area contributed by atoms with E-state index in [9.17, 15) is 44.9 Å². The standard InChI is InChI=1S/C64H128NO11P/c1-3-5-7-9-11-13-15-17-19-21-22-23-24-25-26-27-28-29-30-31-32-33-34-35-36-37-38-40-42-44-46-48-50-52-54-58(67)65-56(55-75-77(73,74)76-64-62(71)60(69)59(68)61(70)63(64)72)57(66)53-51-49-47-45-43-41-39-20-18-16-14-12-10-8-6-4-2/h56-57,59-64,66,68-72H,3-55H2,1-2H3,(H,65,67)(H,73,74)/t56-,57+,59?,60+,61?,62?,63?,64?/m0/s1. The fourth-order valence-electron chi connectivity index (χ4n) is 11.3. The first-order valence-corrected chi connectivity index (χ1v) is 35.0. The van der Waals surface area contributed by atoms with E-state index in [2.05, 4.69) is 19.2 Å². The van der Waals surface area contributed by atoms with Crippen molar-refractivity contribution in [2.75, 3.05) is 6.61 Å². The van der Waals surface area contributed by atoms with Gasteiger partial charge in [0.1, 0.15) is 36.6 Å². The van der Waals surface area contributed by atoms with Crippen molar-refractivity contribution in [3.63, 3.8) is 0 Å². The number of nitrogens with one attached hydrogen (secondary N) is 1. The van der Waals surface area contributed by atoms with Crippen LogP contribution in [-0.4, -0.2) is 96.8 Å². The van der Waals surface area contributed by atoms with E-state index in [4.69, 9.17) is 9.05 Å². The smallest absolute Gasteiger partial charge is 0.391 e. The molecular weight excluding hydrogens is 990 g/mol. The third kappa shape index (κ3) is 43.7. The molecule has 0 radical (unpaired) electrons. The first-order valence-electron chi connectivity index (χ1n) is 33.5. The Morgan fingerprint density at radius 1 is 0.390 bits per heavy atom. The van der Waals surface area contributed by atoms with E-state index in [1.807, 2.05) is 0 Å². The Bertz CT molecular complexity index is 1300. The molecule has 0 aromatic heterocycles. The van der Waals surface area contributed by atoms with Crippen LogP contribution in [0.2, 0.25) is 0 Å². The van der Waals surface area contributed by atoms with Crippen LogP contribution in [0.5, 0.6) is 0 Å². The van der Waals surface area contributed by atoms with Crippen LogP contribution in [0, 0.1) is 0 Å². The number of aliphatic hydroxyl groups is 6. The van der Waals surface area contributed by atoms with Crippen molar-refractivity contribution in [1.82, 2.24) is 5.32 Å². The maximum absolute atomic E-state index is 13.1. The number of carbonyl (C=O) groups is 1. The molecule has 460 valence electrons. The first-order chi connectivity index (χ1) is 37.4. The molecule has 0 aliphatic heterocycles. The minimum atomic E-state index is -5.06. The van der Waals surface area contributed by atoms with Gasteiger partial charge in [0.2, 0.25) is 5.91 Å². The van der Waals surface area contributed by atoms with Gasteiger partial charge in [-0.2, -0.15) is 0 Å². The van der Waals surface area contributed by atoms with Crippen LogP contribution >= 0.6 is 7.82 Å². The molecule has 1 saturated carbocycles. The zero-order valence-corrected chi connectivity index (χ0v) is 51.2. The largest absolute Gasteiger partial charge is 0.472 e. The Balaban J connectivity index is 2.16. The highest BCUT2D eigenvalue weighted by Gasteiger charge is 2.51. The molecule has 1 aliphatic carbocycles. The van der Waals surface area contributed by atoms with Crippen LogP contribution in [0.3, 0.4) is 0 Å². The summed E-state index contributed by atoms with van der Waals surface area (Å²) in [6, 6.07) is -1.03. The predicted molar refractivity (Wildman–Crippen MR) is 320 cm³/mol. The van der Waals surface area contributed by atoms with E-state index in [0.29, 0.717) is 19.3 Å². The van der Waals surface area contributed by atoms with Gasteiger partial charge in [-0.15, -0.1) is 0 Å². The van der Waals surface area contributed by atoms with Crippen LogP contribution < -0.4 is 5.32 Å². The average Bonchev–Trinajstić information content (AvgIpc) is 3.42. The highest BCUT2D eigenvalue weighted by atomic mass is 31.2. The highest BCUT2D eigenvalue weighted by Crippen LogP contribution is 2.47. The summed E-state index contributed by atoms with van der Waals surface area (Å²) in [6.45, 7) is 3.96. The Hall–Kier alpha value is -0.660. The topological polar surface area (TPSA) is 206 Å². The number of unbranched alkanes of at least 4 members (excludes halogenated alkanes) is 48. The average molecular weight is 1120 g/mol. The molecule has 77 heavy (non-hydrogen) atoms. The van der Waals surface area contributed by atoms with Crippen molar-refractivity contribution in [3.05, 3.63) is 0 Å². The van der Waals surface area contributed by atoms with Gasteiger partial charge in [0, 0.05) is 6.42 Å². The fourth-order valence-corrected chi connectivity index (χ4v) is 12.3. The number of hydrogen-bond donors (Lipinski definition) is 8. The van der Waals surface area contributed by atoms with E-state index < -0.39 is 63.2 Å². The third-order valence-electron chi connectivity index (χ3n) is 16.7. The molecule has 0 spiro atoms. The van der Waals surface area contributed by atoms with E-state index in [-0.39, 0.29) is 12.3 Å². The van der Waals surface area contributed by atoms with Gasteiger partial charge >= 0.3 is 7.82 Å². The highest BCUT2D eigenvalue weighted by molar-refractivity contribution is 7.47. The molecule has 0 aromatic carbocycles. The van der Waals surface area contributed by atoms with Gasteiger partial charge in [-0.05, 0) is 12.8 Å². The minimum Gasteiger partial charge on any atom is -0.391 e. The van der Waals surface area contributed by atoms with Gasteiger partial charge in [-0.1, -0.05) is 328 Å². The summed E-state index contributed by atoms with van der Waals surface area (Å²) in [5.41, 5.74) is 0. The number of phosphoric ester groups is 1. The lowest BCUT2D eigenvalue weighted by Crippen LogP contribution is -2.64. The van der Waals surface area contributed by atoms with E-state index in [1.165, 1.54) is 270 Å². The van der Waals surface area contributed by atoms with Gasteiger partial charge < -0.3 is 40.8 Å². The molecular formula is C64H128NO11P. The van der Waals surface area contributed by atoms with Crippen molar-refractivity contribution in [1.29, 1.82) is 0 Å². The summed E-state index contributed by atoms with van der Waals surface area (Å²) < 4.78 is 23.2. The molecule has 8 N–H and O–H groups in total. The number of phosphoric acid groups is 1. The summed E-state index contributed by atoms with van der Waals surface area (Å²) >= 11 is 0. The lowest BCUT2D eigenvalue weighted by Gasteiger charge is -2.41. The van der Waals surface area contributed by atoms with Crippen LogP contribution in [0.15, 0.2) is 0 Å². The summed E-state index contributed by atoms with van der Waals surface area (Å²) in [7, 11) is -5.06.